The minimum absolute atomic E-state index is 0.0332. The van der Waals surface area contributed by atoms with Gasteiger partial charge in [0.25, 0.3) is 0 Å². The molecule has 0 aliphatic rings. The Labute approximate surface area is 392 Å². The summed E-state index contributed by atoms with van der Waals surface area (Å²) in [5.74, 6) is 1.05. The van der Waals surface area contributed by atoms with E-state index in [0.717, 1.165) is 0 Å². The maximum absolute atomic E-state index is 13.6. The van der Waals surface area contributed by atoms with Gasteiger partial charge in [-0.05, 0) is 103 Å². The summed E-state index contributed by atoms with van der Waals surface area (Å²) in [5, 5.41) is 0. The standard InChI is InChI=1S/C31H42O9.C21H32O5/c1-9-30(4,28(34)40-25-17-13-11-15-23(25)37-8)21-31(5,27(33)38-19-18-35-6)20-29(2,3)26(32)39-24-16-12-10-14-22(24)36-7;1-8-21(5,15-20(3,4)16(2)25-14-13-23-6)19(22)26-18-12-10-9-11-17(18)24-7/h10-17H,9,18-21H2,1-8H3;9-12H,2,8,13-15H2,1,3-7H3. The zero-order chi connectivity index (χ0) is 49.8. The lowest BCUT2D eigenvalue weighted by molar-refractivity contribution is -0.165. The van der Waals surface area contributed by atoms with Crippen molar-refractivity contribution in [2.24, 2.45) is 27.1 Å². The molecule has 3 aromatic rings. The third-order valence-electron chi connectivity index (χ3n) is 11.7. The molecule has 14 nitrogen and oxygen atoms in total. The Morgan fingerprint density at radius 2 is 0.758 bits per heavy atom. The first-order valence-corrected chi connectivity index (χ1v) is 22.1. The van der Waals surface area contributed by atoms with Gasteiger partial charge in [0.2, 0.25) is 0 Å². The van der Waals surface area contributed by atoms with Gasteiger partial charge in [-0.2, -0.15) is 0 Å². The summed E-state index contributed by atoms with van der Waals surface area (Å²) in [6, 6.07) is 20.8. The number of carbonyl (C=O) groups is 4. The van der Waals surface area contributed by atoms with Gasteiger partial charge in [0, 0.05) is 19.6 Å². The fraction of sp³-hybridized carbons (Fsp3) is 0.538. The molecule has 0 bridgehead atoms. The Bertz CT molecular complexity index is 2040. The fourth-order valence-corrected chi connectivity index (χ4v) is 7.50. The lowest BCUT2D eigenvalue weighted by Gasteiger charge is -2.39. The number of ether oxygens (including phenoxy) is 10. The molecule has 0 aliphatic carbocycles. The second kappa shape index (κ2) is 25.9. The molecule has 3 aromatic carbocycles. The van der Waals surface area contributed by atoms with Crippen LogP contribution in [0.2, 0.25) is 0 Å². The van der Waals surface area contributed by atoms with Crippen molar-refractivity contribution in [3.8, 4) is 34.5 Å². The summed E-state index contributed by atoms with van der Waals surface area (Å²) in [6.45, 7) is 21.8. The van der Waals surface area contributed by atoms with Crippen LogP contribution in [0.1, 0.15) is 94.4 Å². The van der Waals surface area contributed by atoms with Crippen LogP contribution in [0.15, 0.2) is 85.1 Å². The number of methoxy groups -OCH3 is 5. The van der Waals surface area contributed by atoms with E-state index in [-0.39, 0.29) is 43.5 Å². The Hall–Kier alpha value is -5.60. The van der Waals surface area contributed by atoms with Crippen molar-refractivity contribution in [1.29, 1.82) is 0 Å². The smallest absolute Gasteiger partial charge is 0.317 e. The lowest BCUT2D eigenvalue weighted by Crippen LogP contribution is -2.45. The molecule has 0 saturated carbocycles. The van der Waals surface area contributed by atoms with Gasteiger partial charge in [-0.15, -0.1) is 0 Å². The first-order valence-electron chi connectivity index (χ1n) is 22.1. The average Bonchev–Trinajstić information content (AvgIpc) is 3.29. The second-order valence-electron chi connectivity index (χ2n) is 18.2. The van der Waals surface area contributed by atoms with E-state index in [9.17, 15) is 19.2 Å². The van der Waals surface area contributed by atoms with Crippen LogP contribution in [0.4, 0.5) is 0 Å². The molecule has 3 rings (SSSR count). The van der Waals surface area contributed by atoms with Gasteiger partial charge in [0.15, 0.2) is 34.5 Å². The summed E-state index contributed by atoms with van der Waals surface area (Å²) in [5.41, 5.74) is -4.58. The molecule has 0 saturated heterocycles. The van der Waals surface area contributed by atoms with Crippen molar-refractivity contribution in [3.05, 3.63) is 85.1 Å². The molecule has 0 amide bonds. The molecule has 3 unspecified atom stereocenters. The first kappa shape index (κ1) is 56.5. The van der Waals surface area contributed by atoms with Gasteiger partial charge in [-0.1, -0.05) is 70.7 Å². The summed E-state index contributed by atoms with van der Waals surface area (Å²) in [7, 11) is 7.66. The molecule has 0 N–H and O–H groups in total. The number of esters is 4. The molecule has 0 heterocycles. The van der Waals surface area contributed by atoms with E-state index < -0.39 is 45.0 Å². The molecular formula is C52H74O14. The van der Waals surface area contributed by atoms with E-state index in [2.05, 4.69) is 6.58 Å². The van der Waals surface area contributed by atoms with Crippen molar-refractivity contribution in [3.63, 3.8) is 0 Å². The van der Waals surface area contributed by atoms with Crippen LogP contribution >= 0.6 is 0 Å². The summed E-state index contributed by atoms with van der Waals surface area (Å²) in [6.07, 6.45) is 1.65. The highest BCUT2D eigenvalue weighted by atomic mass is 16.6. The highest BCUT2D eigenvalue weighted by Crippen LogP contribution is 2.47. The quantitative estimate of drug-likeness (QED) is 0.0324. The van der Waals surface area contributed by atoms with Crippen molar-refractivity contribution in [2.45, 2.75) is 94.4 Å². The molecule has 14 heteroatoms. The third kappa shape index (κ3) is 16.1. The van der Waals surface area contributed by atoms with E-state index in [4.69, 9.17) is 47.4 Å². The van der Waals surface area contributed by atoms with Crippen LogP contribution in [0, 0.1) is 27.1 Å². The molecule has 366 valence electrons. The monoisotopic (exact) mass is 923 g/mol. The Balaban J connectivity index is 0.000000497. The molecule has 0 spiro atoms. The van der Waals surface area contributed by atoms with E-state index in [1.54, 1.807) is 103 Å². The number of carbonyl (C=O) groups excluding carboxylic acids is 4. The summed E-state index contributed by atoms with van der Waals surface area (Å²) >= 11 is 0. The molecule has 0 aliphatic heterocycles. The normalized spacial score (nSPS) is 14.0. The fourth-order valence-electron chi connectivity index (χ4n) is 7.50. The van der Waals surface area contributed by atoms with E-state index >= 15 is 0 Å². The van der Waals surface area contributed by atoms with E-state index in [1.807, 2.05) is 46.8 Å². The highest BCUT2D eigenvalue weighted by Gasteiger charge is 2.50. The molecule has 0 fully saturated rings. The number of allylic oxidation sites excluding steroid dienone is 1. The largest absolute Gasteiger partial charge is 0.496 e. The number of benzene rings is 3. The molecule has 0 radical (unpaired) electrons. The summed E-state index contributed by atoms with van der Waals surface area (Å²) in [4.78, 5) is 53.4. The summed E-state index contributed by atoms with van der Waals surface area (Å²) < 4.78 is 54.3. The third-order valence-corrected chi connectivity index (χ3v) is 11.7. The predicted octanol–water partition coefficient (Wildman–Crippen LogP) is 10.2. The molecule has 3 atom stereocenters. The number of hydrogen-bond acceptors (Lipinski definition) is 14. The first-order chi connectivity index (χ1) is 31.0. The van der Waals surface area contributed by atoms with Crippen LogP contribution in [0.25, 0.3) is 0 Å². The number of rotatable bonds is 26. The zero-order valence-electron chi connectivity index (χ0n) is 41.7. The van der Waals surface area contributed by atoms with Gasteiger partial charge in [-0.25, -0.2) is 0 Å². The average molecular weight is 923 g/mol. The maximum Gasteiger partial charge on any atom is 0.317 e. The van der Waals surface area contributed by atoms with E-state index in [0.29, 0.717) is 61.2 Å². The number of para-hydroxylation sites is 6. The van der Waals surface area contributed by atoms with Gasteiger partial charge in [0.1, 0.15) is 13.2 Å². The Kier molecular flexibility index (Phi) is 22.2. The second-order valence-corrected chi connectivity index (χ2v) is 18.2. The Morgan fingerprint density at radius 1 is 0.424 bits per heavy atom. The minimum Gasteiger partial charge on any atom is -0.496 e. The lowest BCUT2D eigenvalue weighted by atomic mass is 9.65. The highest BCUT2D eigenvalue weighted by molar-refractivity contribution is 5.84. The predicted molar refractivity (Wildman–Crippen MR) is 252 cm³/mol. The molecule has 0 aromatic heterocycles. The van der Waals surface area contributed by atoms with Crippen molar-refractivity contribution < 1.29 is 66.5 Å². The minimum atomic E-state index is -1.26. The van der Waals surface area contributed by atoms with E-state index in [1.165, 1.54) is 21.3 Å². The van der Waals surface area contributed by atoms with Gasteiger partial charge >= 0.3 is 23.9 Å². The molecule has 66 heavy (non-hydrogen) atoms. The maximum atomic E-state index is 13.6. The van der Waals surface area contributed by atoms with Crippen molar-refractivity contribution in [2.75, 3.05) is 62.0 Å². The van der Waals surface area contributed by atoms with Crippen LogP contribution in [-0.2, 0) is 38.1 Å². The zero-order valence-corrected chi connectivity index (χ0v) is 41.7. The van der Waals surface area contributed by atoms with Gasteiger partial charge < -0.3 is 47.4 Å². The number of hydrogen-bond donors (Lipinski definition) is 0. The van der Waals surface area contributed by atoms with Crippen LogP contribution in [-0.4, -0.2) is 85.9 Å². The van der Waals surface area contributed by atoms with Crippen LogP contribution in [0.3, 0.4) is 0 Å². The van der Waals surface area contributed by atoms with Gasteiger partial charge in [0.05, 0.1) is 62.0 Å². The molecular weight excluding hydrogens is 849 g/mol. The topological polar surface area (TPSA) is 161 Å². The van der Waals surface area contributed by atoms with Gasteiger partial charge in [-0.3, -0.25) is 19.2 Å². The van der Waals surface area contributed by atoms with Crippen LogP contribution in [0.5, 0.6) is 34.5 Å². The van der Waals surface area contributed by atoms with Crippen LogP contribution < -0.4 is 28.4 Å². The van der Waals surface area contributed by atoms with Crippen molar-refractivity contribution in [1.82, 2.24) is 0 Å². The SMILES string of the molecule is C=C(OCCOC)C(C)(C)CC(C)(CC)C(=O)Oc1ccccc1OC.CCC(C)(CC(C)(CC(C)(C)C(=O)Oc1ccccc1OC)C(=O)OCCOC)C(=O)Oc1ccccc1OC. The Morgan fingerprint density at radius 3 is 1.12 bits per heavy atom. The van der Waals surface area contributed by atoms with Crippen molar-refractivity contribution >= 4 is 23.9 Å².